The van der Waals surface area contributed by atoms with Crippen molar-refractivity contribution in [1.29, 1.82) is 5.26 Å². The highest BCUT2D eigenvalue weighted by Gasteiger charge is 2.21. The number of aliphatic hydroxyl groups is 1. The van der Waals surface area contributed by atoms with Gasteiger partial charge in [0.1, 0.15) is 21.7 Å². The van der Waals surface area contributed by atoms with E-state index >= 15 is 0 Å². The van der Waals surface area contributed by atoms with E-state index in [1.807, 2.05) is 24.3 Å². The zero-order chi connectivity index (χ0) is 17.8. The molecule has 1 saturated heterocycles. The average Bonchev–Trinajstić information content (AvgIpc) is 3.04. The summed E-state index contributed by atoms with van der Waals surface area (Å²) in [7, 11) is 0. The Balaban J connectivity index is 1.73. The largest absolute Gasteiger partial charge is 0.510 e. The lowest BCUT2D eigenvalue weighted by Crippen LogP contribution is -2.39. The molecule has 25 heavy (non-hydrogen) atoms. The van der Waals surface area contributed by atoms with Gasteiger partial charge in [-0.2, -0.15) is 5.26 Å². The number of H-pyrrole nitrogens is 1. The summed E-state index contributed by atoms with van der Waals surface area (Å²) >= 11 is 6.91. The number of nitrogens with zero attached hydrogens (tertiary/aromatic N) is 3. The first-order valence-corrected chi connectivity index (χ1v) is 9.70. The number of thioether (sulfide) groups is 1. The first-order chi connectivity index (χ1) is 12.1. The maximum atomic E-state index is 10.4. The number of benzene rings is 1. The molecule has 0 bridgehead atoms. The molecule has 2 N–H and O–H groups in total. The van der Waals surface area contributed by atoms with Crippen LogP contribution in [-0.2, 0) is 0 Å². The van der Waals surface area contributed by atoms with Crippen molar-refractivity contribution < 1.29 is 5.11 Å². The van der Waals surface area contributed by atoms with Crippen LogP contribution >= 0.6 is 24.0 Å². The molecule has 130 valence electrons. The Morgan fingerprint density at radius 2 is 2.28 bits per heavy atom. The fraction of sp³-hybridized carbons (Fsp3) is 0.389. The molecule has 2 aromatic rings. The normalized spacial score (nSPS) is 18.7. The van der Waals surface area contributed by atoms with Crippen molar-refractivity contribution in [2.45, 2.75) is 32.2 Å². The standard InChI is InChI=1S/C18H20N4OS2/c1-12-6-4-5-9-22(12)18(24)25-11-16(23)13(10-19)17-20-14-7-2-3-8-15(14)21-17/h2-3,7-8,12,23H,4-6,9,11H2,1H3,(H,20,21)/b16-13-. The number of para-hydroxylation sites is 2. The van der Waals surface area contributed by atoms with Crippen molar-refractivity contribution in [3.63, 3.8) is 0 Å². The van der Waals surface area contributed by atoms with Crippen molar-refractivity contribution >= 4 is 44.9 Å². The summed E-state index contributed by atoms with van der Waals surface area (Å²) in [4.78, 5) is 9.68. The van der Waals surface area contributed by atoms with Crippen molar-refractivity contribution in [3.8, 4) is 6.07 Å². The Morgan fingerprint density at radius 3 is 3.00 bits per heavy atom. The number of rotatable bonds is 3. The van der Waals surface area contributed by atoms with E-state index in [2.05, 4.69) is 27.9 Å². The number of aliphatic hydroxyl groups excluding tert-OH is 1. The van der Waals surface area contributed by atoms with Gasteiger partial charge in [-0.1, -0.05) is 36.1 Å². The SMILES string of the molecule is CC1CCCCN1C(=S)SC/C(O)=C(\C#N)c1nc2ccccc2[nH]1. The number of nitrogens with one attached hydrogen (secondary N) is 1. The predicted molar refractivity (Wildman–Crippen MR) is 106 cm³/mol. The first kappa shape index (κ1) is 17.8. The lowest BCUT2D eigenvalue weighted by atomic mass is 10.1. The van der Waals surface area contributed by atoms with Crippen LogP contribution < -0.4 is 0 Å². The summed E-state index contributed by atoms with van der Waals surface area (Å²) in [5, 5.41) is 19.8. The van der Waals surface area contributed by atoms with Crippen LogP contribution in [0.3, 0.4) is 0 Å². The van der Waals surface area contributed by atoms with Gasteiger partial charge in [-0.05, 0) is 38.3 Å². The average molecular weight is 373 g/mol. The molecule has 1 aromatic carbocycles. The molecule has 3 rings (SSSR count). The molecule has 1 aromatic heterocycles. The Hall–Kier alpha value is -2.04. The summed E-state index contributed by atoms with van der Waals surface area (Å²) in [5.74, 6) is 0.653. The molecule has 5 nitrogen and oxygen atoms in total. The lowest BCUT2D eigenvalue weighted by molar-refractivity contribution is 0.267. The van der Waals surface area contributed by atoms with Crippen LogP contribution in [0.2, 0.25) is 0 Å². The van der Waals surface area contributed by atoms with Gasteiger partial charge in [-0.3, -0.25) is 0 Å². The number of allylic oxidation sites excluding steroid dienone is 1. The van der Waals surface area contributed by atoms with E-state index in [0.717, 1.165) is 34.7 Å². The monoisotopic (exact) mass is 372 g/mol. The minimum absolute atomic E-state index is 0.00133. The Bertz CT molecular complexity index is 819. The smallest absolute Gasteiger partial charge is 0.152 e. The van der Waals surface area contributed by atoms with Crippen LogP contribution in [0.15, 0.2) is 30.0 Å². The number of nitriles is 1. The molecule has 1 aliphatic heterocycles. The first-order valence-electron chi connectivity index (χ1n) is 8.31. The topological polar surface area (TPSA) is 75.9 Å². The fourth-order valence-electron chi connectivity index (χ4n) is 2.98. The van der Waals surface area contributed by atoms with Gasteiger partial charge in [-0.15, -0.1) is 0 Å². The van der Waals surface area contributed by atoms with E-state index in [1.165, 1.54) is 18.2 Å². The zero-order valence-electron chi connectivity index (χ0n) is 14.0. The molecule has 0 amide bonds. The fourth-order valence-corrected chi connectivity index (χ4v) is 4.27. The summed E-state index contributed by atoms with van der Waals surface area (Å²) in [6, 6.07) is 10.0. The maximum Gasteiger partial charge on any atom is 0.152 e. The Kier molecular flexibility index (Phi) is 5.61. The minimum atomic E-state index is -0.00133. The van der Waals surface area contributed by atoms with Gasteiger partial charge in [0.05, 0.1) is 16.8 Å². The number of aromatic nitrogens is 2. The Labute approximate surface area is 156 Å². The van der Waals surface area contributed by atoms with Crippen LogP contribution in [0.5, 0.6) is 0 Å². The number of hydrogen-bond acceptors (Lipinski definition) is 5. The molecule has 0 spiro atoms. The lowest BCUT2D eigenvalue weighted by Gasteiger charge is -2.35. The quantitative estimate of drug-likeness (QED) is 0.477. The van der Waals surface area contributed by atoms with Crippen LogP contribution in [0.1, 0.15) is 32.0 Å². The second-order valence-electron chi connectivity index (χ2n) is 6.13. The third kappa shape index (κ3) is 3.97. The van der Waals surface area contributed by atoms with E-state index in [4.69, 9.17) is 12.2 Å². The molecule has 1 atom stereocenters. The number of aromatic amines is 1. The third-order valence-electron chi connectivity index (χ3n) is 4.40. The minimum Gasteiger partial charge on any atom is -0.510 e. The number of likely N-dealkylation sites (tertiary alicyclic amines) is 1. The predicted octanol–water partition coefficient (Wildman–Crippen LogP) is 4.25. The van der Waals surface area contributed by atoms with Crippen molar-refractivity contribution in [3.05, 3.63) is 35.8 Å². The van der Waals surface area contributed by atoms with E-state index in [1.54, 1.807) is 0 Å². The van der Waals surface area contributed by atoms with E-state index < -0.39 is 0 Å². The number of fused-ring (bicyclic) bond motifs is 1. The summed E-state index contributed by atoms with van der Waals surface area (Å²) < 4.78 is 0.778. The molecule has 2 heterocycles. The van der Waals surface area contributed by atoms with Gasteiger partial charge >= 0.3 is 0 Å². The summed E-state index contributed by atoms with van der Waals surface area (Å²) in [6.07, 6.45) is 3.53. The number of hydrogen-bond donors (Lipinski definition) is 2. The molecule has 0 saturated carbocycles. The second kappa shape index (κ2) is 7.89. The molecule has 1 unspecified atom stereocenters. The number of piperidine rings is 1. The van der Waals surface area contributed by atoms with Crippen LogP contribution in [0.4, 0.5) is 0 Å². The molecule has 7 heteroatoms. The third-order valence-corrected chi connectivity index (χ3v) is 5.88. The van der Waals surface area contributed by atoms with E-state index in [-0.39, 0.29) is 17.1 Å². The van der Waals surface area contributed by atoms with Crippen LogP contribution in [0.25, 0.3) is 16.6 Å². The summed E-state index contributed by atoms with van der Waals surface area (Å²) in [6.45, 7) is 3.14. The van der Waals surface area contributed by atoms with Gasteiger partial charge < -0.3 is 15.0 Å². The molecule has 0 aliphatic carbocycles. The molecule has 0 radical (unpaired) electrons. The van der Waals surface area contributed by atoms with Crippen LogP contribution in [-0.4, -0.2) is 42.6 Å². The molecular weight excluding hydrogens is 352 g/mol. The van der Waals surface area contributed by atoms with Gasteiger partial charge in [0.15, 0.2) is 5.82 Å². The highest BCUT2D eigenvalue weighted by Crippen LogP contribution is 2.25. The molecular formula is C18H20N4OS2. The zero-order valence-corrected chi connectivity index (χ0v) is 15.7. The van der Waals surface area contributed by atoms with Crippen molar-refractivity contribution in [1.82, 2.24) is 14.9 Å². The van der Waals surface area contributed by atoms with Gasteiger partial charge in [0.25, 0.3) is 0 Å². The number of thiocarbonyl (C=S) groups is 1. The van der Waals surface area contributed by atoms with E-state index in [9.17, 15) is 10.4 Å². The molecule has 1 aliphatic rings. The highest BCUT2D eigenvalue weighted by atomic mass is 32.2. The molecule has 1 fully saturated rings. The highest BCUT2D eigenvalue weighted by molar-refractivity contribution is 8.23. The van der Waals surface area contributed by atoms with Gasteiger partial charge in [0.2, 0.25) is 0 Å². The van der Waals surface area contributed by atoms with Gasteiger partial charge in [-0.25, -0.2) is 4.98 Å². The van der Waals surface area contributed by atoms with Crippen molar-refractivity contribution in [2.24, 2.45) is 0 Å². The second-order valence-corrected chi connectivity index (χ2v) is 7.74. The van der Waals surface area contributed by atoms with Crippen LogP contribution in [0, 0.1) is 11.3 Å². The van der Waals surface area contributed by atoms with Crippen molar-refractivity contribution in [2.75, 3.05) is 12.3 Å². The summed E-state index contributed by atoms with van der Waals surface area (Å²) in [5.41, 5.74) is 1.77. The van der Waals surface area contributed by atoms with Gasteiger partial charge in [0, 0.05) is 12.6 Å². The number of imidazole rings is 1. The Morgan fingerprint density at radius 1 is 1.48 bits per heavy atom. The maximum absolute atomic E-state index is 10.4. The van der Waals surface area contributed by atoms with E-state index in [0.29, 0.717) is 11.9 Å².